The molecule has 8 rings (SSSR count). The summed E-state index contributed by atoms with van der Waals surface area (Å²) in [5.41, 5.74) is 0. The summed E-state index contributed by atoms with van der Waals surface area (Å²) in [4.78, 5) is 25.8. The Kier molecular flexibility index (Phi) is 0.896. The molecule has 96 valence electrons. The average Bonchev–Trinajstić information content (AvgIpc) is 3.08. The molecule has 2 nitrogen and oxygen atoms in total. The third-order valence-corrected chi connectivity index (χ3v) is 9.82. The number of carbonyl (C=O) groups is 2. The van der Waals surface area contributed by atoms with Crippen molar-refractivity contribution in [3.05, 3.63) is 0 Å². The third-order valence-electron chi connectivity index (χ3n) is 9.82. The molecule has 2 heteroatoms. The Labute approximate surface area is 111 Å². The van der Waals surface area contributed by atoms with Crippen molar-refractivity contribution in [2.75, 3.05) is 0 Å². The Morgan fingerprint density at radius 2 is 1.11 bits per heavy atom. The summed E-state index contributed by atoms with van der Waals surface area (Å²) < 4.78 is 0. The minimum absolute atomic E-state index is 0.362. The van der Waals surface area contributed by atoms with Crippen molar-refractivity contribution in [3.8, 4) is 0 Å². The van der Waals surface area contributed by atoms with Gasteiger partial charge in [0.15, 0.2) is 0 Å². The number of hydrogen-bond acceptors (Lipinski definition) is 2. The Morgan fingerprint density at radius 1 is 0.526 bits per heavy atom. The molecule has 8 aliphatic carbocycles. The van der Waals surface area contributed by atoms with Crippen LogP contribution in [0.1, 0.15) is 6.42 Å². The molecule has 8 aliphatic rings. The Morgan fingerprint density at radius 3 is 1.89 bits per heavy atom. The largest absolute Gasteiger partial charge is 0.299 e. The first kappa shape index (κ1) is 8.59. The lowest BCUT2D eigenvalue weighted by Gasteiger charge is -2.40. The minimum atomic E-state index is 0.362. The van der Waals surface area contributed by atoms with Crippen LogP contribution in [0.3, 0.4) is 0 Å². The molecule has 19 heavy (non-hydrogen) atoms. The summed E-state index contributed by atoms with van der Waals surface area (Å²) in [5, 5.41) is 0. The minimum Gasteiger partial charge on any atom is -0.299 e. The maximum Gasteiger partial charge on any atom is 0.140 e. The van der Waals surface area contributed by atoms with Crippen LogP contribution in [-0.2, 0) is 9.59 Å². The van der Waals surface area contributed by atoms with E-state index in [0.29, 0.717) is 53.0 Å². The van der Waals surface area contributed by atoms with Crippen LogP contribution >= 0.6 is 0 Å². The van der Waals surface area contributed by atoms with Gasteiger partial charge in [-0.25, -0.2) is 0 Å². The van der Waals surface area contributed by atoms with Gasteiger partial charge in [-0.1, -0.05) is 0 Å². The standard InChI is InChI=1S/C17H16O2/c18-16-7-3-1-2-5-4(3)8-9(7)11-12-10(8)13(5)17(19)15(12)6(2)14(11)16/h2-15H,1H2/t2-,3+,4+,5-,6-,7-,8-,9+,10+,11-,12+,13+,14-,15+/m1/s1. The zero-order chi connectivity index (χ0) is 11.9. The molecule has 0 aromatic heterocycles. The number of hydrogen-bond donors (Lipinski definition) is 0. The number of ketones is 2. The molecular weight excluding hydrogens is 236 g/mol. The van der Waals surface area contributed by atoms with Gasteiger partial charge in [-0.2, -0.15) is 0 Å². The molecule has 0 N–H and O–H groups in total. The fraction of sp³-hybridized carbons (Fsp3) is 0.882. The Hall–Kier alpha value is -0.660. The zero-order valence-corrected chi connectivity index (χ0v) is 10.6. The van der Waals surface area contributed by atoms with E-state index in [1.165, 1.54) is 6.42 Å². The molecule has 0 heterocycles. The summed E-state index contributed by atoms with van der Waals surface area (Å²) >= 11 is 0. The first-order valence-corrected chi connectivity index (χ1v) is 8.38. The SMILES string of the molecule is O=C1[C@@H]2[C@H]3[C@@H]4C[C@@H]5[C@@H]1[C@@H]1[C@@H]2[C@H]2[C@H]3C(=O)[C@@H]3[C@H]2[C@@H]1[C@@H]5[C@@H]43. The van der Waals surface area contributed by atoms with Crippen LogP contribution in [0.2, 0.25) is 0 Å². The molecule has 0 aromatic rings. The second kappa shape index (κ2) is 1.98. The van der Waals surface area contributed by atoms with Gasteiger partial charge in [-0.3, -0.25) is 9.59 Å². The van der Waals surface area contributed by atoms with Gasteiger partial charge in [-0.15, -0.1) is 0 Å². The van der Waals surface area contributed by atoms with E-state index < -0.39 is 0 Å². The van der Waals surface area contributed by atoms with Crippen molar-refractivity contribution in [1.29, 1.82) is 0 Å². The quantitative estimate of drug-likeness (QED) is 0.650. The monoisotopic (exact) mass is 252 g/mol. The molecule has 0 unspecified atom stereocenters. The smallest absolute Gasteiger partial charge is 0.140 e. The van der Waals surface area contributed by atoms with Gasteiger partial charge in [0.1, 0.15) is 11.6 Å². The molecule has 0 aliphatic heterocycles. The van der Waals surface area contributed by atoms with Crippen LogP contribution in [0, 0.1) is 82.9 Å². The van der Waals surface area contributed by atoms with Crippen molar-refractivity contribution in [1.82, 2.24) is 0 Å². The van der Waals surface area contributed by atoms with Crippen LogP contribution in [0.4, 0.5) is 0 Å². The summed E-state index contributed by atoms with van der Waals surface area (Å²) in [6, 6.07) is 0. The Balaban J connectivity index is 1.62. The van der Waals surface area contributed by atoms with Gasteiger partial charge in [0.2, 0.25) is 0 Å². The maximum absolute atomic E-state index is 12.9. The van der Waals surface area contributed by atoms with Crippen LogP contribution < -0.4 is 0 Å². The molecule has 14 atom stereocenters. The van der Waals surface area contributed by atoms with Crippen LogP contribution in [0.5, 0.6) is 0 Å². The second-order valence-electron chi connectivity index (χ2n) is 9.09. The summed E-state index contributed by atoms with van der Waals surface area (Å²) in [6.07, 6.45) is 1.34. The lowest BCUT2D eigenvalue weighted by atomic mass is 9.63. The van der Waals surface area contributed by atoms with E-state index in [-0.39, 0.29) is 0 Å². The first-order valence-electron chi connectivity index (χ1n) is 8.38. The molecule has 0 amide bonds. The van der Waals surface area contributed by atoms with E-state index in [9.17, 15) is 9.59 Å². The molecule has 8 saturated carbocycles. The predicted octanol–water partition coefficient (Wildman–Crippen LogP) is 1.25. The van der Waals surface area contributed by atoms with Crippen LogP contribution in [-0.4, -0.2) is 11.6 Å². The van der Waals surface area contributed by atoms with E-state index >= 15 is 0 Å². The van der Waals surface area contributed by atoms with E-state index in [1.807, 2.05) is 0 Å². The number of Topliss-reactive ketones (excluding diaryl/α,β-unsaturated/α-hetero) is 2. The van der Waals surface area contributed by atoms with E-state index in [1.54, 1.807) is 0 Å². The highest BCUT2D eigenvalue weighted by Crippen LogP contribution is 2.89. The Bertz CT molecular complexity index is 625. The van der Waals surface area contributed by atoms with Gasteiger partial charge in [0.05, 0.1) is 0 Å². The molecule has 8 fully saturated rings. The third kappa shape index (κ3) is 0.489. The molecule has 6 bridgehead atoms. The lowest BCUT2D eigenvalue weighted by molar-refractivity contribution is -0.136. The van der Waals surface area contributed by atoms with Gasteiger partial charge < -0.3 is 0 Å². The van der Waals surface area contributed by atoms with Crippen molar-refractivity contribution >= 4 is 11.6 Å². The van der Waals surface area contributed by atoms with Crippen LogP contribution in [0.15, 0.2) is 0 Å². The second-order valence-corrected chi connectivity index (χ2v) is 9.09. The summed E-state index contributed by atoms with van der Waals surface area (Å²) in [5.74, 6) is 10.3. The van der Waals surface area contributed by atoms with Crippen molar-refractivity contribution < 1.29 is 9.59 Å². The van der Waals surface area contributed by atoms with E-state index in [2.05, 4.69) is 0 Å². The van der Waals surface area contributed by atoms with Gasteiger partial charge >= 0.3 is 0 Å². The highest BCUT2D eigenvalue weighted by molar-refractivity contribution is 5.96. The van der Waals surface area contributed by atoms with Crippen molar-refractivity contribution in [2.45, 2.75) is 6.42 Å². The molecule has 0 saturated heterocycles. The molecule has 0 spiro atoms. The maximum atomic E-state index is 12.9. The lowest BCUT2D eigenvalue weighted by Crippen LogP contribution is -2.43. The summed E-state index contributed by atoms with van der Waals surface area (Å²) in [7, 11) is 0. The van der Waals surface area contributed by atoms with Crippen LogP contribution in [0.25, 0.3) is 0 Å². The van der Waals surface area contributed by atoms with E-state index in [0.717, 1.165) is 41.4 Å². The predicted molar refractivity (Wildman–Crippen MR) is 63.5 cm³/mol. The van der Waals surface area contributed by atoms with Gasteiger partial charge in [0, 0.05) is 23.7 Å². The van der Waals surface area contributed by atoms with E-state index in [4.69, 9.17) is 0 Å². The topological polar surface area (TPSA) is 34.1 Å². The van der Waals surface area contributed by atoms with Crippen molar-refractivity contribution in [2.24, 2.45) is 82.9 Å². The zero-order valence-electron chi connectivity index (χ0n) is 10.6. The average molecular weight is 252 g/mol. The normalized spacial score (nSPS) is 84.8. The van der Waals surface area contributed by atoms with Gasteiger partial charge in [-0.05, 0) is 65.6 Å². The number of rotatable bonds is 0. The van der Waals surface area contributed by atoms with Gasteiger partial charge in [0.25, 0.3) is 0 Å². The van der Waals surface area contributed by atoms with Crippen molar-refractivity contribution in [3.63, 3.8) is 0 Å². The highest BCUT2D eigenvalue weighted by Gasteiger charge is 2.90. The molecular formula is C17H16O2. The first-order chi connectivity index (χ1) is 9.30. The fourth-order valence-corrected chi connectivity index (χ4v) is 10.6. The molecule has 0 radical (unpaired) electrons. The number of fused-ring (bicyclic) bond motifs is 3. The fourth-order valence-electron chi connectivity index (χ4n) is 10.6. The summed E-state index contributed by atoms with van der Waals surface area (Å²) in [6.45, 7) is 0. The molecule has 0 aromatic carbocycles. The highest BCUT2D eigenvalue weighted by atomic mass is 16.1. The number of carbonyl (C=O) groups excluding carboxylic acids is 2.